The quantitative estimate of drug-likeness (QED) is 0.692. The van der Waals surface area contributed by atoms with Crippen molar-refractivity contribution in [3.63, 3.8) is 0 Å². The Morgan fingerprint density at radius 1 is 1.25 bits per heavy atom. The normalized spacial score (nSPS) is 10.8. The number of aliphatic hydroxyl groups is 1. The lowest BCUT2D eigenvalue weighted by atomic mass is 10.2. The number of aliphatic hydroxyl groups excluding tert-OH is 1. The smallest absolute Gasteiger partial charge is 0.107 e. The molecule has 0 amide bonds. The molecule has 0 aliphatic carbocycles. The molecule has 5 nitrogen and oxygen atoms in total. The number of aryl methyl sites for hydroxylation is 1. The minimum atomic E-state index is 0.156. The molecule has 126 valence electrons. The summed E-state index contributed by atoms with van der Waals surface area (Å²) in [7, 11) is 3.92. The van der Waals surface area contributed by atoms with Crippen LogP contribution in [-0.4, -0.2) is 35.1 Å². The Balaban J connectivity index is 1.68. The van der Waals surface area contributed by atoms with Crippen LogP contribution in [0.3, 0.4) is 0 Å². The van der Waals surface area contributed by atoms with E-state index in [1.54, 1.807) is 11.3 Å². The lowest BCUT2D eigenvalue weighted by molar-refractivity contribution is 0.304. The van der Waals surface area contributed by atoms with E-state index in [1.165, 1.54) is 10.4 Å². The Labute approximate surface area is 146 Å². The Morgan fingerprint density at radius 3 is 2.71 bits per heavy atom. The van der Waals surface area contributed by atoms with Crippen molar-refractivity contribution >= 4 is 22.7 Å². The van der Waals surface area contributed by atoms with Gasteiger partial charge in [-0.05, 0) is 35.7 Å². The van der Waals surface area contributed by atoms with Gasteiger partial charge >= 0.3 is 0 Å². The lowest BCUT2D eigenvalue weighted by Gasteiger charge is -2.18. The zero-order valence-electron chi connectivity index (χ0n) is 13.9. The number of aromatic nitrogens is 2. The molecule has 0 aliphatic heterocycles. The lowest BCUT2D eigenvalue weighted by Crippen LogP contribution is -2.20. The number of thiophene rings is 1. The van der Waals surface area contributed by atoms with Gasteiger partial charge in [0.1, 0.15) is 5.69 Å². The van der Waals surface area contributed by atoms with Crippen LogP contribution in [-0.2, 0) is 13.6 Å². The highest BCUT2D eigenvalue weighted by atomic mass is 32.1. The van der Waals surface area contributed by atoms with Gasteiger partial charge in [0, 0.05) is 50.3 Å². The second-order valence-corrected chi connectivity index (χ2v) is 6.65. The number of likely N-dealkylation sites (N-methyl/N-ethyl adjacent to an activating group) is 1. The first-order valence-electron chi connectivity index (χ1n) is 7.89. The molecule has 1 aromatic carbocycles. The van der Waals surface area contributed by atoms with Gasteiger partial charge in [-0.1, -0.05) is 6.07 Å². The molecule has 0 aliphatic rings. The Hall–Kier alpha value is -2.31. The summed E-state index contributed by atoms with van der Waals surface area (Å²) in [6.45, 7) is 1.52. The molecule has 24 heavy (non-hydrogen) atoms. The Bertz CT molecular complexity index is 765. The van der Waals surface area contributed by atoms with Crippen molar-refractivity contribution in [2.24, 2.45) is 7.05 Å². The van der Waals surface area contributed by atoms with Gasteiger partial charge in [0.05, 0.1) is 11.5 Å². The van der Waals surface area contributed by atoms with Crippen molar-refractivity contribution in [1.29, 1.82) is 0 Å². The molecular weight excluding hydrogens is 320 g/mol. The first-order chi connectivity index (χ1) is 11.7. The molecule has 2 N–H and O–H groups in total. The van der Waals surface area contributed by atoms with E-state index >= 15 is 0 Å². The van der Waals surface area contributed by atoms with E-state index in [1.807, 2.05) is 29.7 Å². The van der Waals surface area contributed by atoms with Crippen LogP contribution in [0, 0.1) is 0 Å². The summed E-state index contributed by atoms with van der Waals surface area (Å²) in [6.07, 6.45) is 2.06. The van der Waals surface area contributed by atoms with Crippen molar-refractivity contribution in [1.82, 2.24) is 9.78 Å². The highest BCUT2D eigenvalue weighted by molar-refractivity contribution is 7.13. The molecule has 6 heteroatoms. The molecule has 0 bridgehead atoms. The summed E-state index contributed by atoms with van der Waals surface area (Å²) in [5.41, 5.74) is 4.38. The first kappa shape index (κ1) is 16.5. The fourth-order valence-corrected chi connectivity index (χ4v) is 3.34. The van der Waals surface area contributed by atoms with E-state index in [4.69, 9.17) is 5.11 Å². The average Bonchev–Trinajstić information content (AvgIpc) is 3.23. The molecule has 0 unspecified atom stereocenters. The number of benzene rings is 1. The summed E-state index contributed by atoms with van der Waals surface area (Å²) < 4.78 is 1.86. The Morgan fingerprint density at radius 2 is 2.04 bits per heavy atom. The maximum atomic E-state index is 9.01. The van der Waals surface area contributed by atoms with Crippen LogP contribution < -0.4 is 10.2 Å². The van der Waals surface area contributed by atoms with Crippen molar-refractivity contribution in [3.8, 4) is 10.6 Å². The molecule has 3 aromatic rings. The number of hydrogen-bond acceptors (Lipinski definition) is 5. The number of anilines is 2. The fraction of sp³-hybridized carbons (Fsp3) is 0.278. The maximum Gasteiger partial charge on any atom is 0.107 e. The molecular formula is C18H22N4OS. The summed E-state index contributed by atoms with van der Waals surface area (Å²) >= 11 is 1.71. The summed E-state index contributed by atoms with van der Waals surface area (Å²) in [6, 6.07) is 12.4. The van der Waals surface area contributed by atoms with Gasteiger partial charge in [-0.3, -0.25) is 4.68 Å². The minimum absolute atomic E-state index is 0.156. The van der Waals surface area contributed by atoms with Gasteiger partial charge in [-0.2, -0.15) is 5.10 Å². The third-order valence-electron chi connectivity index (χ3n) is 3.89. The number of rotatable bonds is 7. The number of nitrogens with zero attached hydrogens (tertiary/aromatic N) is 3. The molecule has 2 heterocycles. The van der Waals surface area contributed by atoms with E-state index in [0.29, 0.717) is 6.54 Å². The van der Waals surface area contributed by atoms with E-state index in [2.05, 4.69) is 52.3 Å². The highest BCUT2D eigenvalue weighted by Gasteiger charge is 2.11. The standard InChI is InChI=1S/C18H22N4OS/c1-21(9-10-23)16-7-5-15(6-8-16)19-12-14-13-22(2)20-18(14)17-4-3-11-24-17/h3-8,11,13,19,23H,9-10,12H2,1-2H3. The second kappa shape index (κ2) is 7.51. The third kappa shape index (κ3) is 3.77. The first-order valence-corrected chi connectivity index (χ1v) is 8.77. The van der Waals surface area contributed by atoms with Gasteiger partial charge in [0.2, 0.25) is 0 Å². The van der Waals surface area contributed by atoms with Gasteiger partial charge < -0.3 is 15.3 Å². The van der Waals surface area contributed by atoms with Crippen molar-refractivity contribution in [3.05, 3.63) is 53.5 Å². The van der Waals surface area contributed by atoms with Gasteiger partial charge in [0.25, 0.3) is 0 Å². The zero-order valence-corrected chi connectivity index (χ0v) is 14.8. The van der Waals surface area contributed by atoms with E-state index in [0.717, 1.165) is 23.6 Å². The SMILES string of the molecule is CN(CCO)c1ccc(NCc2cn(C)nc2-c2cccs2)cc1. The van der Waals surface area contributed by atoms with Crippen molar-refractivity contribution in [2.75, 3.05) is 30.4 Å². The molecule has 0 atom stereocenters. The largest absolute Gasteiger partial charge is 0.395 e. The molecule has 2 aromatic heterocycles. The monoisotopic (exact) mass is 342 g/mol. The minimum Gasteiger partial charge on any atom is -0.395 e. The van der Waals surface area contributed by atoms with Crippen molar-refractivity contribution < 1.29 is 5.11 Å². The van der Waals surface area contributed by atoms with E-state index in [-0.39, 0.29) is 6.61 Å². The van der Waals surface area contributed by atoms with Crippen LogP contribution in [0.25, 0.3) is 10.6 Å². The maximum absolute atomic E-state index is 9.01. The van der Waals surface area contributed by atoms with E-state index in [9.17, 15) is 0 Å². The third-order valence-corrected chi connectivity index (χ3v) is 4.76. The van der Waals surface area contributed by atoms with E-state index < -0.39 is 0 Å². The molecule has 0 radical (unpaired) electrons. The summed E-state index contributed by atoms with van der Waals surface area (Å²) in [5, 5.41) is 19.1. The molecule has 0 saturated heterocycles. The highest BCUT2D eigenvalue weighted by Crippen LogP contribution is 2.27. The molecule has 0 spiro atoms. The molecule has 0 fully saturated rings. The van der Waals surface area contributed by atoms with Crippen LogP contribution in [0.15, 0.2) is 48.0 Å². The van der Waals surface area contributed by atoms with Crippen LogP contribution in [0.1, 0.15) is 5.56 Å². The summed E-state index contributed by atoms with van der Waals surface area (Å²) in [5.74, 6) is 0. The fourth-order valence-electron chi connectivity index (χ4n) is 2.60. The van der Waals surface area contributed by atoms with Gasteiger partial charge in [-0.25, -0.2) is 0 Å². The molecule has 0 saturated carbocycles. The number of nitrogens with one attached hydrogen (secondary N) is 1. The second-order valence-electron chi connectivity index (χ2n) is 5.70. The van der Waals surface area contributed by atoms with Crippen LogP contribution in [0.4, 0.5) is 11.4 Å². The van der Waals surface area contributed by atoms with Crippen molar-refractivity contribution in [2.45, 2.75) is 6.54 Å². The Kier molecular flexibility index (Phi) is 5.17. The number of hydrogen-bond donors (Lipinski definition) is 2. The van der Waals surface area contributed by atoms with Crippen LogP contribution >= 0.6 is 11.3 Å². The van der Waals surface area contributed by atoms with Crippen LogP contribution in [0.2, 0.25) is 0 Å². The predicted molar refractivity (Wildman–Crippen MR) is 101 cm³/mol. The molecule has 3 rings (SSSR count). The van der Waals surface area contributed by atoms with Crippen LogP contribution in [0.5, 0.6) is 0 Å². The summed E-state index contributed by atoms with van der Waals surface area (Å²) in [4.78, 5) is 3.22. The zero-order chi connectivity index (χ0) is 16.9. The average molecular weight is 342 g/mol. The predicted octanol–water partition coefficient (Wildman–Crippen LogP) is 3.19. The van der Waals surface area contributed by atoms with Gasteiger partial charge in [0.15, 0.2) is 0 Å². The van der Waals surface area contributed by atoms with Gasteiger partial charge in [-0.15, -0.1) is 11.3 Å². The topological polar surface area (TPSA) is 53.3 Å².